The van der Waals surface area contributed by atoms with E-state index in [9.17, 15) is 25.5 Å². The molecule has 0 aliphatic carbocycles. The van der Waals surface area contributed by atoms with Crippen LogP contribution in [0, 0.1) is 0 Å². The molecule has 3 heterocycles. The van der Waals surface area contributed by atoms with Crippen molar-refractivity contribution in [2.75, 3.05) is 19.0 Å². The molecule has 160 valence electrons. The molecule has 2 aromatic heterocycles. The highest BCUT2D eigenvalue weighted by atomic mass is 16.6. The van der Waals surface area contributed by atoms with Crippen molar-refractivity contribution in [1.29, 1.82) is 0 Å². The van der Waals surface area contributed by atoms with Crippen LogP contribution in [0.2, 0.25) is 0 Å². The van der Waals surface area contributed by atoms with Gasteiger partial charge in [0.05, 0.1) is 20.0 Å². The summed E-state index contributed by atoms with van der Waals surface area (Å²) < 4.78 is 12.0. The van der Waals surface area contributed by atoms with Gasteiger partial charge in [-0.2, -0.15) is 0 Å². The first-order chi connectivity index (χ1) is 14.4. The number of hydrogen-bond acceptors (Lipinski definition) is 11. The number of nitrogens with one attached hydrogen (secondary N) is 1. The van der Waals surface area contributed by atoms with Crippen LogP contribution in [0.3, 0.4) is 0 Å². The number of nitrogens with zero attached hydrogens (tertiary/aromatic N) is 4. The molecule has 1 aliphatic heterocycles. The minimum atomic E-state index is -1.27. The van der Waals surface area contributed by atoms with Crippen LogP contribution < -0.4 is 10.1 Å². The maximum absolute atomic E-state index is 10.3. The fraction of sp³-hybridized carbons (Fsp3) is 0.389. The topological polar surface area (TPSA) is 175 Å². The van der Waals surface area contributed by atoms with Gasteiger partial charge in [0.2, 0.25) is 5.75 Å². The van der Waals surface area contributed by atoms with E-state index >= 15 is 0 Å². The number of phenols is 2. The largest absolute Gasteiger partial charge is 0.504 e. The van der Waals surface area contributed by atoms with Crippen molar-refractivity contribution < 1.29 is 35.0 Å². The fourth-order valence-corrected chi connectivity index (χ4v) is 3.37. The molecule has 1 aromatic carbocycles. The van der Waals surface area contributed by atoms with Crippen molar-refractivity contribution in [3.63, 3.8) is 0 Å². The quantitative estimate of drug-likeness (QED) is 0.283. The molecular formula is C18H21N5O7. The zero-order chi connectivity index (χ0) is 21.4. The summed E-state index contributed by atoms with van der Waals surface area (Å²) in [4.78, 5) is 12.6. The van der Waals surface area contributed by atoms with E-state index in [2.05, 4.69) is 20.3 Å². The Kier molecular flexibility index (Phi) is 5.30. The van der Waals surface area contributed by atoms with Crippen molar-refractivity contribution in [2.24, 2.45) is 0 Å². The van der Waals surface area contributed by atoms with Crippen molar-refractivity contribution in [1.82, 2.24) is 19.5 Å². The normalized spacial score (nSPS) is 23.7. The van der Waals surface area contributed by atoms with Crippen LogP contribution in [0.15, 0.2) is 24.8 Å². The average molecular weight is 419 g/mol. The lowest BCUT2D eigenvalue weighted by atomic mass is 10.1. The molecule has 12 heteroatoms. The van der Waals surface area contributed by atoms with Crippen LogP contribution in [-0.2, 0) is 11.3 Å². The molecule has 30 heavy (non-hydrogen) atoms. The number of fused-ring (bicyclic) bond motifs is 1. The number of imidazole rings is 1. The highest BCUT2D eigenvalue weighted by Crippen LogP contribution is 2.36. The number of anilines is 1. The number of aromatic hydroxyl groups is 2. The minimum absolute atomic E-state index is 0.133. The molecule has 4 atom stereocenters. The number of phenolic OH excluding ortho intramolecular Hbond substituents is 2. The summed E-state index contributed by atoms with van der Waals surface area (Å²) in [5.74, 6) is -0.138. The molecular weight excluding hydrogens is 398 g/mol. The Labute approximate surface area is 170 Å². The third-order valence-corrected chi connectivity index (χ3v) is 4.94. The molecule has 1 saturated heterocycles. The fourth-order valence-electron chi connectivity index (χ4n) is 3.37. The predicted molar refractivity (Wildman–Crippen MR) is 102 cm³/mol. The van der Waals surface area contributed by atoms with Gasteiger partial charge >= 0.3 is 0 Å². The number of rotatable bonds is 6. The number of aromatic nitrogens is 4. The summed E-state index contributed by atoms with van der Waals surface area (Å²) in [7, 11) is 1.38. The lowest BCUT2D eigenvalue weighted by molar-refractivity contribution is -0.0511. The average Bonchev–Trinajstić information content (AvgIpc) is 3.30. The van der Waals surface area contributed by atoms with Crippen LogP contribution in [0.5, 0.6) is 17.2 Å². The molecule has 6 N–H and O–H groups in total. The van der Waals surface area contributed by atoms with Gasteiger partial charge in [-0.1, -0.05) is 0 Å². The molecule has 3 aromatic rings. The highest BCUT2D eigenvalue weighted by molar-refractivity contribution is 5.82. The minimum Gasteiger partial charge on any atom is -0.504 e. The van der Waals surface area contributed by atoms with Gasteiger partial charge in [0.1, 0.15) is 24.6 Å². The Balaban J connectivity index is 1.59. The molecule has 4 rings (SSSR count). The van der Waals surface area contributed by atoms with Gasteiger partial charge in [0.15, 0.2) is 34.7 Å². The van der Waals surface area contributed by atoms with Crippen LogP contribution in [-0.4, -0.2) is 77.1 Å². The Hall–Kier alpha value is -3.19. The van der Waals surface area contributed by atoms with Crippen LogP contribution >= 0.6 is 0 Å². The van der Waals surface area contributed by atoms with Gasteiger partial charge in [-0.05, 0) is 17.7 Å². The van der Waals surface area contributed by atoms with E-state index in [1.807, 2.05) is 0 Å². The van der Waals surface area contributed by atoms with Crippen LogP contribution in [0.1, 0.15) is 11.8 Å². The molecule has 0 amide bonds. The number of ether oxygens (including phenoxy) is 2. The zero-order valence-corrected chi connectivity index (χ0v) is 15.9. The summed E-state index contributed by atoms with van der Waals surface area (Å²) in [5, 5.41) is 52.2. The molecule has 0 bridgehead atoms. The van der Waals surface area contributed by atoms with E-state index in [1.54, 1.807) is 6.07 Å². The number of aliphatic hydroxyl groups is 3. The summed E-state index contributed by atoms with van der Waals surface area (Å²) >= 11 is 0. The Morgan fingerprint density at radius 3 is 2.67 bits per heavy atom. The lowest BCUT2D eigenvalue weighted by Crippen LogP contribution is -2.33. The Morgan fingerprint density at radius 2 is 1.97 bits per heavy atom. The number of aliphatic hydroxyl groups excluding tert-OH is 3. The molecule has 1 aliphatic rings. The molecule has 1 fully saturated rings. The van der Waals surface area contributed by atoms with E-state index in [4.69, 9.17) is 9.47 Å². The van der Waals surface area contributed by atoms with E-state index in [1.165, 1.54) is 30.4 Å². The zero-order valence-electron chi connectivity index (χ0n) is 15.9. The molecule has 0 spiro atoms. The molecule has 0 radical (unpaired) electrons. The van der Waals surface area contributed by atoms with E-state index < -0.39 is 31.1 Å². The third kappa shape index (κ3) is 3.35. The summed E-state index contributed by atoms with van der Waals surface area (Å²) in [5.41, 5.74) is 1.37. The van der Waals surface area contributed by atoms with Gasteiger partial charge in [-0.15, -0.1) is 0 Å². The van der Waals surface area contributed by atoms with Crippen molar-refractivity contribution >= 4 is 17.0 Å². The summed E-state index contributed by atoms with van der Waals surface area (Å²) in [6, 6.07) is 2.96. The van der Waals surface area contributed by atoms with Gasteiger partial charge in [0, 0.05) is 6.54 Å². The third-order valence-electron chi connectivity index (χ3n) is 4.94. The van der Waals surface area contributed by atoms with Gasteiger partial charge in [0.25, 0.3) is 0 Å². The maximum Gasteiger partial charge on any atom is 0.200 e. The van der Waals surface area contributed by atoms with E-state index in [-0.39, 0.29) is 23.8 Å². The van der Waals surface area contributed by atoms with Gasteiger partial charge in [-0.3, -0.25) is 4.57 Å². The lowest BCUT2D eigenvalue weighted by Gasteiger charge is -2.16. The first-order valence-electron chi connectivity index (χ1n) is 9.07. The second-order valence-electron chi connectivity index (χ2n) is 6.79. The Bertz CT molecular complexity index is 1060. The molecule has 12 nitrogen and oxygen atoms in total. The van der Waals surface area contributed by atoms with Crippen LogP contribution in [0.25, 0.3) is 11.2 Å². The second-order valence-corrected chi connectivity index (χ2v) is 6.79. The van der Waals surface area contributed by atoms with E-state index in [0.29, 0.717) is 22.5 Å². The first-order valence-corrected chi connectivity index (χ1v) is 9.07. The van der Waals surface area contributed by atoms with Crippen molar-refractivity contribution in [3.8, 4) is 17.2 Å². The summed E-state index contributed by atoms with van der Waals surface area (Å²) in [6.07, 6.45) is -1.69. The van der Waals surface area contributed by atoms with Crippen molar-refractivity contribution in [3.05, 3.63) is 30.4 Å². The second kappa shape index (κ2) is 7.91. The first kappa shape index (κ1) is 20.1. The monoisotopic (exact) mass is 419 g/mol. The SMILES string of the molecule is COc1cc(CNc2ncnc3c2ncn3C2O[C@H](CO)[C@@H](O)[C@H]2O)cc(O)c1O. The Morgan fingerprint density at radius 1 is 1.17 bits per heavy atom. The summed E-state index contributed by atoms with van der Waals surface area (Å²) in [6.45, 7) is -0.205. The maximum atomic E-state index is 10.3. The number of methoxy groups -OCH3 is 1. The standard InChI is InChI=1S/C18H21N5O7/c1-29-10-3-8(2-9(25)13(10)26)4-19-16-12-17(21-6-20-16)23(7-22-12)18-15(28)14(27)11(5-24)30-18/h2-3,6-7,11,14-15,18,24-28H,4-5H2,1H3,(H,19,20,21)/t11-,14-,15-,18?/m1/s1. The van der Waals surface area contributed by atoms with Gasteiger partial charge < -0.3 is 40.3 Å². The van der Waals surface area contributed by atoms with E-state index in [0.717, 1.165) is 0 Å². The highest BCUT2D eigenvalue weighted by Gasteiger charge is 2.44. The molecule has 1 unspecified atom stereocenters. The molecule has 0 saturated carbocycles. The predicted octanol–water partition coefficient (Wildman–Crippen LogP) is -0.530. The van der Waals surface area contributed by atoms with Crippen LogP contribution in [0.4, 0.5) is 5.82 Å². The number of benzene rings is 1. The number of hydrogen-bond donors (Lipinski definition) is 6. The van der Waals surface area contributed by atoms with Gasteiger partial charge in [-0.25, -0.2) is 15.0 Å². The van der Waals surface area contributed by atoms with Crippen molar-refractivity contribution in [2.45, 2.75) is 31.1 Å². The smallest absolute Gasteiger partial charge is 0.200 e.